The summed E-state index contributed by atoms with van der Waals surface area (Å²) in [5, 5.41) is 0. The van der Waals surface area contributed by atoms with Gasteiger partial charge in [0, 0.05) is 29.6 Å². The largest absolute Gasteiger partial charge is 0.573 e. The van der Waals surface area contributed by atoms with Gasteiger partial charge in [-0.1, -0.05) is 26.0 Å². The zero-order valence-electron chi connectivity index (χ0n) is 17.7. The summed E-state index contributed by atoms with van der Waals surface area (Å²) in [7, 11) is 0. The Bertz CT molecular complexity index is 1010. The average Bonchev–Trinajstić information content (AvgIpc) is 3.46. The predicted molar refractivity (Wildman–Crippen MR) is 111 cm³/mol. The van der Waals surface area contributed by atoms with E-state index in [-0.39, 0.29) is 17.1 Å². The van der Waals surface area contributed by atoms with Gasteiger partial charge < -0.3 is 9.64 Å². The number of hydrogen-bond donors (Lipinski definition) is 0. The molecule has 1 fully saturated rings. The summed E-state index contributed by atoms with van der Waals surface area (Å²) in [4.78, 5) is 14.4. The van der Waals surface area contributed by atoms with Gasteiger partial charge in [0.15, 0.2) is 0 Å². The van der Waals surface area contributed by atoms with E-state index >= 15 is 0 Å². The first-order valence-corrected chi connectivity index (χ1v) is 10.4. The van der Waals surface area contributed by atoms with Crippen LogP contribution in [0.25, 0.3) is 11.1 Å². The normalized spacial score (nSPS) is 18.4. The Hall–Kier alpha value is -2.50. The minimum atomic E-state index is -4.77. The van der Waals surface area contributed by atoms with Crippen LogP contribution in [0.2, 0.25) is 0 Å². The van der Waals surface area contributed by atoms with Crippen molar-refractivity contribution in [2.24, 2.45) is 0 Å². The van der Waals surface area contributed by atoms with E-state index in [0.717, 1.165) is 35.2 Å². The predicted octanol–water partition coefficient (Wildman–Crippen LogP) is 6.47. The molecule has 2 aliphatic rings. The molecule has 0 saturated heterocycles. The number of carbonyl (C=O) groups excluding carboxylic acids is 1. The highest BCUT2D eigenvalue weighted by Crippen LogP contribution is 2.47. The lowest BCUT2D eigenvalue weighted by atomic mass is 9.75. The van der Waals surface area contributed by atoms with Gasteiger partial charge in [-0.25, -0.2) is 0 Å². The minimum Gasteiger partial charge on any atom is -0.405 e. The second kappa shape index (κ2) is 7.03. The maximum absolute atomic E-state index is 13.1. The van der Waals surface area contributed by atoms with Crippen LogP contribution in [0, 0.1) is 6.92 Å². The summed E-state index contributed by atoms with van der Waals surface area (Å²) in [6, 6.07) is 8.84. The fourth-order valence-electron chi connectivity index (χ4n) is 4.44. The van der Waals surface area contributed by atoms with Crippen molar-refractivity contribution in [3.05, 3.63) is 47.0 Å². The van der Waals surface area contributed by atoms with E-state index in [1.807, 2.05) is 45.9 Å². The van der Waals surface area contributed by atoms with Gasteiger partial charge in [0.2, 0.25) is 5.91 Å². The number of amides is 1. The maximum Gasteiger partial charge on any atom is 0.573 e. The highest BCUT2D eigenvalue weighted by Gasteiger charge is 2.37. The number of rotatable bonds is 4. The van der Waals surface area contributed by atoms with E-state index in [1.54, 1.807) is 11.0 Å². The lowest BCUT2D eigenvalue weighted by Gasteiger charge is -2.39. The number of ether oxygens (including phenoxy) is 1. The summed E-state index contributed by atoms with van der Waals surface area (Å²) in [6.45, 7) is 8.38. The molecule has 30 heavy (non-hydrogen) atoms. The number of halogens is 3. The number of fused-ring (bicyclic) bond motifs is 1. The van der Waals surface area contributed by atoms with Crippen molar-refractivity contribution in [1.29, 1.82) is 0 Å². The van der Waals surface area contributed by atoms with E-state index in [9.17, 15) is 18.0 Å². The van der Waals surface area contributed by atoms with E-state index < -0.39 is 6.36 Å². The van der Waals surface area contributed by atoms with E-state index in [1.165, 1.54) is 6.07 Å². The van der Waals surface area contributed by atoms with Crippen molar-refractivity contribution in [3.8, 4) is 16.9 Å². The van der Waals surface area contributed by atoms with Crippen molar-refractivity contribution in [2.45, 2.75) is 64.7 Å². The second-order valence-corrected chi connectivity index (χ2v) is 8.96. The van der Waals surface area contributed by atoms with Gasteiger partial charge in [-0.15, -0.1) is 13.2 Å². The van der Waals surface area contributed by atoms with Gasteiger partial charge >= 0.3 is 6.36 Å². The Morgan fingerprint density at radius 2 is 1.83 bits per heavy atom. The number of hydrogen-bond acceptors (Lipinski definition) is 2. The van der Waals surface area contributed by atoms with Crippen LogP contribution < -0.4 is 9.64 Å². The van der Waals surface area contributed by atoms with Gasteiger partial charge in [-0.2, -0.15) is 0 Å². The number of aryl methyl sites for hydroxylation is 1. The Kier molecular flexibility index (Phi) is 4.87. The lowest BCUT2D eigenvalue weighted by Crippen LogP contribution is -2.41. The molecule has 1 amide bonds. The number of anilines is 1. The molecule has 0 radical (unpaired) electrons. The zero-order valence-corrected chi connectivity index (χ0v) is 17.7. The summed E-state index contributed by atoms with van der Waals surface area (Å²) in [6.07, 6.45) is -2.26. The highest BCUT2D eigenvalue weighted by molar-refractivity contribution is 5.99. The van der Waals surface area contributed by atoms with Crippen molar-refractivity contribution >= 4 is 11.6 Å². The second-order valence-electron chi connectivity index (χ2n) is 8.96. The van der Waals surface area contributed by atoms with Crippen LogP contribution in [0.15, 0.2) is 30.3 Å². The Labute approximate surface area is 174 Å². The van der Waals surface area contributed by atoms with Crippen LogP contribution in [0.3, 0.4) is 0 Å². The third kappa shape index (κ3) is 3.80. The van der Waals surface area contributed by atoms with Crippen LogP contribution >= 0.6 is 0 Å². The van der Waals surface area contributed by atoms with E-state index in [2.05, 4.69) is 4.74 Å². The smallest absolute Gasteiger partial charge is 0.405 e. The molecule has 0 spiro atoms. The monoisotopic (exact) mass is 417 g/mol. The number of carbonyl (C=O) groups is 1. The van der Waals surface area contributed by atoms with Gasteiger partial charge in [-0.3, -0.25) is 4.79 Å². The molecule has 1 heterocycles. The van der Waals surface area contributed by atoms with E-state index in [4.69, 9.17) is 0 Å². The number of alkyl halides is 3. The van der Waals surface area contributed by atoms with Crippen LogP contribution in [0.1, 0.15) is 62.6 Å². The zero-order chi connectivity index (χ0) is 21.8. The van der Waals surface area contributed by atoms with Crippen molar-refractivity contribution in [3.63, 3.8) is 0 Å². The molecular weight excluding hydrogens is 391 g/mol. The minimum absolute atomic E-state index is 0.0308. The lowest BCUT2D eigenvalue weighted by molar-refractivity contribution is -0.274. The third-order valence-electron chi connectivity index (χ3n) is 6.14. The maximum atomic E-state index is 13.1. The molecule has 0 bridgehead atoms. The standard InChI is InChI=1S/C24H26F3NO2/c1-5-28-20-12-17(14(2)10-19(20)23(3,4)13-22(28)29)18-11-16(15-6-7-15)8-9-21(18)30-24(25,26)27/h8-12,15H,5-7,13H2,1-4H3. The van der Waals surface area contributed by atoms with E-state index in [0.29, 0.717) is 30.0 Å². The molecule has 6 heteroatoms. The molecule has 1 aliphatic carbocycles. The first kappa shape index (κ1) is 20.8. The van der Waals surface area contributed by atoms with Gasteiger partial charge in [0.05, 0.1) is 0 Å². The van der Waals surface area contributed by atoms with Crippen molar-refractivity contribution < 1.29 is 22.7 Å². The SMILES string of the molecule is CCN1C(=O)CC(C)(C)c2cc(C)c(-c3cc(C4CC4)ccc3OC(F)(F)F)cc21. The summed E-state index contributed by atoms with van der Waals surface area (Å²) in [5.41, 5.74) is 4.47. The Morgan fingerprint density at radius 3 is 2.43 bits per heavy atom. The molecular formula is C24H26F3NO2. The van der Waals surface area contributed by atoms with Crippen LogP contribution in [0.5, 0.6) is 5.75 Å². The third-order valence-corrected chi connectivity index (χ3v) is 6.14. The van der Waals surface area contributed by atoms with Crippen molar-refractivity contribution in [2.75, 3.05) is 11.4 Å². The number of nitrogens with zero attached hydrogens (tertiary/aromatic N) is 1. The molecule has 1 aliphatic heterocycles. The average molecular weight is 417 g/mol. The quantitative estimate of drug-likeness (QED) is 0.570. The summed E-state index contributed by atoms with van der Waals surface area (Å²) < 4.78 is 43.6. The Morgan fingerprint density at radius 1 is 1.13 bits per heavy atom. The van der Waals surface area contributed by atoms with Crippen LogP contribution in [0.4, 0.5) is 18.9 Å². The molecule has 160 valence electrons. The molecule has 0 N–H and O–H groups in total. The first-order valence-electron chi connectivity index (χ1n) is 10.4. The molecule has 2 aromatic carbocycles. The number of benzene rings is 2. The first-order chi connectivity index (χ1) is 14.0. The van der Waals surface area contributed by atoms with Gasteiger partial charge in [-0.05, 0) is 73.1 Å². The molecule has 0 unspecified atom stereocenters. The topological polar surface area (TPSA) is 29.5 Å². The summed E-state index contributed by atoms with van der Waals surface area (Å²) in [5.74, 6) is 0.219. The molecule has 2 aromatic rings. The van der Waals surface area contributed by atoms with Crippen LogP contribution in [-0.2, 0) is 10.2 Å². The van der Waals surface area contributed by atoms with Gasteiger partial charge in [0.1, 0.15) is 5.75 Å². The van der Waals surface area contributed by atoms with Gasteiger partial charge in [0.25, 0.3) is 0 Å². The highest BCUT2D eigenvalue weighted by atomic mass is 19.4. The fraction of sp³-hybridized carbons (Fsp3) is 0.458. The molecule has 3 nitrogen and oxygen atoms in total. The van der Waals surface area contributed by atoms with Crippen LogP contribution in [-0.4, -0.2) is 18.8 Å². The molecule has 0 atom stereocenters. The molecule has 4 rings (SSSR count). The fourth-order valence-corrected chi connectivity index (χ4v) is 4.44. The molecule has 1 saturated carbocycles. The summed E-state index contributed by atoms with van der Waals surface area (Å²) >= 11 is 0. The van der Waals surface area contributed by atoms with Crippen molar-refractivity contribution in [1.82, 2.24) is 0 Å². The Balaban J connectivity index is 1.91. The molecule has 0 aromatic heterocycles.